The van der Waals surface area contributed by atoms with E-state index in [1.54, 1.807) is 0 Å². The Hall–Kier alpha value is -0.430. The van der Waals surface area contributed by atoms with Crippen LogP contribution in [0.5, 0.6) is 0 Å². The van der Waals surface area contributed by atoms with Crippen LogP contribution in [-0.2, 0) is 4.79 Å². The summed E-state index contributed by atoms with van der Waals surface area (Å²) < 4.78 is 38.3. The van der Waals surface area contributed by atoms with Gasteiger partial charge >= 0.3 is 6.18 Å². The Labute approximate surface area is 128 Å². The predicted molar refractivity (Wildman–Crippen MR) is 78.3 cm³/mol. The largest absolute Gasteiger partial charge is 0.393 e. The van der Waals surface area contributed by atoms with Crippen LogP contribution in [0.25, 0.3) is 0 Å². The van der Waals surface area contributed by atoms with Crippen LogP contribution in [0, 0.1) is 5.92 Å². The van der Waals surface area contributed by atoms with E-state index in [9.17, 15) is 18.0 Å². The van der Waals surface area contributed by atoms with Gasteiger partial charge in [0.15, 0.2) is 0 Å². The monoisotopic (exact) mass is 324 g/mol. The van der Waals surface area contributed by atoms with Crippen molar-refractivity contribution in [2.75, 3.05) is 38.5 Å². The highest BCUT2D eigenvalue weighted by atomic mass is 32.2. The van der Waals surface area contributed by atoms with Crippen molar-refractivity contribution in [1.29, 1.82) is 0 Å². The van der Waals surface area contributed by atoms with Crippen LogP contribution < -0.4 is 0 Å². The lowest BCUT2D eigenvalue weighted by molar-refractivity contribution is -0.188. The minimum Gasteiger partial charge on any atom is -0.341 e. The lowest BCUT2D eigenvalue weighted by Crippen LogP contribution is -2.49. The molecule has 2 saturated heterocycles. The third kappa shape index (κ3) is 4.77. The second-order valence-corrected chi connectivity index (χ2v) is 7.26. The molecule has 0 radical (unpaired) electrons. The van der Waals surface area contributed by atoms with E-state index in [2.05, 4.69) is 11.8 Å². The van der Waals surface area contributed by atoms with Gasteiger partial charge in [0.1, 0.15) is 0 Å². The van der Waals surface area contributed by atoms with Crippen LogP contribution in [0.15, 0.2) is 0 Å². The Morgan fingerprint density at radius 2 is 2.05 bits per heavy atom. The zero-order valence-electron chi connectivity index (χ0n) is 12.4. The van der Waals surface area contributed by atoms with Gasteiger partial charge in [-0.05, 0) is 19.3 Å². The molecule has 2 aliphatic rings. The summed E-state index contributed by atoms with van der Waals surface area (Å²) in [6.45, 7) is 4.41. The normalized spacial score (nSPS) is 28.7. The van der Waals surface area contributed by atoms with Crippen LogP contribution >= 0.6 is 11.8 Å². The zero-order valence-corrected chi connectivity index (χ0v) is 13.2. The summed E-state index contributed by atoms with van der Waals surface area (Å²) in [4.78, 5) is 15.7. The Bertz CT molecular complexity index is 365. The number of rotatable bonds is 3. The molecule has 1 amide bonds. The van der Waals surface area contributed by atoms with Gasteiger partial charge in [-0.1, -0.05) is 6.92 Å². The quantitative estimate of drug-likeness (QED) is 0.797. The molecule has 2 atom stereocenters. The van der Waals surface area contributed by atoms with E-state index >= 15 is 0 Å². The van der Waals surface area contributed by atoms with Crippen molar-refractivity contribution in [2.24, 2.45) is 5.92 Å². The molecular formula is C14H23F3N2OS. The Morgan fingerprint density at radius 1 is 1.29 bits per heavy atom. The van der Waals surface area contributed by atoms with Gasteiger partial charge < -0.3 is 4.90 Å². The van der Waals surface area contributed by atoms with Crippen molar-refractivity contribution in [3.05, 3.63) is 0 Å². The fraction of sp³-hybridized carbons (Fsp3) is 0.929. The van der Waals surface area contributed by atoms with Crippen molar-refractivity contribution in [3.8, 4) is 0 Å². The molecule has 21 heavy (non-hydrogen) atoms. The van der Waals surface area contributed by atoms with Gasteiger partial charge in [0.05, 0.1) is 12.5 Å². The van der Waals surface area contributed by atoms with Gasteiger partial charge in [-0.15, -0.1) is 0 Å². The van der Waals surface area contributed by atoms with Gasteiger partial charge in [-0.3, -0.25) is 9.69 Å². The predicted octanol–water partition coefficient (Wildman–Crippen LogP) is 2.61. The standard InChI is InChI=1S/C14H23F3N2OS/c1-2-12-9-18(6-7-21-12)10-13(20)19-5-3-4-11(8-19)14(15,16)17/h11-12H,2-10H2,1H3/t11-,12-/m1/s1. The summed E-state index contributed by atoms with van der Waals surface area (Å²) >= 11 is 1.92. The van der Waals surface area contributed by atoms with Gasteiger partial charge in [0.25, 0.3) is 0 Å². The lowest BCUT2D eigenvalue weighted by Gasteiger charge is -2.36. The first kappa shape index (κ1) is 16.9. The Balaban J connectivity index is 1.85. The van der Waals surface area contributed by atoms with E-state index in [1.165, 1.54) is 4.90 Å². The lowest BCUT2D eigenvalue weighted by atomic mass is 9.97. The van der Waals surface area contributed by atoms with Gasteiger partial charge in [-0.25, -0.2) is 0 Å². The number of nitrogens with zero attached hydrogens (tertiary/aromatic N) is 2. The number of carbonyl (C=O) groups is 1. The third-order valence-electron chi connectivity index (χ3n) is 4.27. The van der Waals surface area contributed by atoms with Crippen molar-refractivity contribution < 1.29 is 18.0 Å². The SMILES string of the molecule is CC[C@@H]1CN(CC(=O)N2CCC[C@@H](C(F)(F)F)C2)CCS1. The minimum absolute atomic E-state index is 0.144. The van der Waals surface area contributed by atoms with Gasteiger partial charge in [0.2, 0.25) is 5.91 Å². The van der Waals surface area contributed by atoms with Crippen molar-refractivity contribution in [1.82, 2.24) is 9.80 Å². The molecule has 0 aliphatic carbocycles. The fourth-order valence-electron chi connectivity index (χ4n) is 2.93. The molecule has 0 aromatic rings. The van der Waals surface area contributed by atoms with Crippen LogP contribution in [0.3, 0.4) is 0 Å². The first-order chi connectivity index (χ1) is 9.90. The number of likely N-dealkylation sites (tertiary alicyclic amines) is 1. The molecule has 0 spiro atoms. The molecule has 0 bridgehead atoms. The second-order valence-electron chi connectivity index (χ2n) is 5.86. The zero-order chi connectivity index (χ0) is 15.5. The third-order valence-corrected chi connectivity index (χ3v) is 5.65. The molecule has 0 unspecified atom stereocenters. The number of amides is 1. The van der Waals surface area contributed by atoms with E-state index < -0.39 is 12.1 Å². The van der Waals surface area contributed by atoms with Crippen molar-refractivity contribution in [3.63, 3.8) is 0 Å². The summed E-state index contributed by atoms with van der Waals surface area (Å²) in [7, 11) is 0. The number of halogens is 3. The first-order valence-corrected chi connectivity index (χ1v) is 8.63. The number of thioether (sulfide) groups is 1. The molecule has 3 nitrogen and oxygen atoms in total. The molecule has 2 aliphatic heterocycles. The fourth-order valence-corrected chi connectivity index (χ4v) is 4.18. The maximum atomic E-state index is 12.8. The molecule has 0 N–H and O–H groups in total. The molecule has 0 aromatic heterocycles. The van der Waals surface area contributed by atoms with Gasteiger partial charge in [0, 0.05) is 37.2 Å². The Morgan fingerprint density at radius 3 is 2.71 bits per heavy atom. The first-order valence-electron chi connectivity index (χ1n) is 7.58. The van der Waals surface area contributed by atoms with E-state index in [-0.39, 0.29) is 25.4 Å². The Kier molecular flexibility index (Phi) is 5.82. The molecule has 0 saturated carbocycles. The van der Waals surface area contributed by atoms with Crippen LogP contribution in [0.1, 0.15) is 26.2 Å². The number of carbonyl (C=O) groups excluding carboxylic acids is 1. The maximum Gasteiger partial charge on any atom is 0.393 e. The van der Waals surface area contributed by atoms with E-state index in [4.69, 9.17) is 0 Å². The van der Waals surface area contributed by atoms with Gasteiger partial charge in [-0.2, -0.15) is 24.9 Å². The highest BCUT2D eigenvalue weighted by molar-refractivity contribution is 8.00. The minimum atomic E-state index is -4.19. The average Bonchev–Trinajstić information content (AvgIpc) is 2.46. The van der Waals surface area contributed by atoms with E-state index in [1.807, 2.05) is 11.8 Å². The van der Waals surface area contributed by atoms with Crippen LogP contribution in [0.2, 0.25) is 0 Å². The summed E-state index contributed by atoms with van der Waals surface area (Å²) in [5, 5.41) is 0.538. The van der Waals surface area contributed by atoms with Crippen molar-refractivity contribution in [2.45, 2.75) is 37.6 Å². The molecule has 2 fully saturated rings. The number of alkyl halides is 3. The van der Waals surface area contributed by atoms with E-state index in [0.29, 0.717) is 18.2 Å². The molecule has 122 valence electrons. The molecule has 2 heterocycles. The van der Waals surface area contributed by atoms with E-state index in [0.717, 1.165) is 25.3 Å². The number of hydrogen-bond acceptors (Lipinski definition) is 3. The highest BCUT2D eigenvalue weighted by Gasteiger charge is 2.42. The average molecular weight is 324 g/mol. The molecular weight excluding hydrogens is 301 g/mol. The molecule has 0 aromatic carbocycles. The van der Waals surface area contributed by atoms with Crippen LogP contribution in [-0.4, -0.2) is 65.6 Å². The topological polar surface area (TPSA) is 23.6 Å². The summed E-state index contributed by atoms with van der Waals surface area (Å²) in [5.74, 6) is -0.502. The summed E-state index contributed by atoms with van der Waals surface area (Å²) in [5.41, 5.74) is 0. The maximum absolute atomic E-state index is 12.8. The van der Waals surface area contributed by atoms with Crippen molar-refractivity contribution >= 4 is 17.7 Å². The second kappa shape index (κ2) is 7.22. The summed E-state index contributed by atoms with van der Waals surface area (Å²) in [6.07, 6.45) is -2.53. The smallest absolute Gasteiger partial charge is 0.341 e. The molecule has 2 rings (SSSR count). The summed E-state index contributed by atoms with van der Waals surface area (Å²) in [6, 6.07) is 0. The highest BCUT2D eigenvalue weighted by Crippen LogP contribution is 2.33. The van der Waals surface area contributed by atoms with Crippen LogP contribution in [0.4, 0.5) is 13.2 Å². The molecule has 7 heteroatoms. The number of hydrogen-bond donors (Lipinski definition) is 0. The number of piperidine rings is 1.